The minimum absolute atomic E-state index is 0.0140. The fourth-order valence-corrected chi connectivity index (χ4v) is 2.22. The zero-order valence-corrected chi connectivity index (χ0v) is 10.9. The van der Waals surface area contributed by atoms with Crippen LogP contribution in [0, 0.1) is 10.1 Å². The number of aliphatic hydroxyl groups is 1. The molecule has 1 aromatic carbocycles. The lowest BCUT2D eigenvalue weighted by atomic mass is 10.3. The van der Waals surface area contributed by atoms with Crippen LogP contribution in [-0.2, 0) is 10.0 Å². The van der Waals surface area contributed by atoms with E-state index in [2.05, 4.69) is 10.0 Å². The van der Waals surface area contributed by atoms with E-state index in [-0.39, 0.29) is 31.1 Å². The highest BCUT2D eigenvalue weighted by Gasteiger charge is 2.09. The minimum atomic E-state index is -3.42. The smallest absolute Gasteiger partial charge is 0.269 e. The first-order valence-corrected chi connectivity index (χ1v) is 7.16. The second-order valence-electron chi connectivity index (χ2n) is 3.67. The third-order valence-corrected chi connectivity index (χ3v) is 3.60. The van der Waals surface area contributed by atoms with E-state index in [0.717, 1.165) is 0 Å². The lowest BCUT2D eigenvalue weighted by Gasteiger charge is -2.07. The molecule has 3 N–H and O–H groups in total. The van der Waals surface area contributed by atoms with Crippen LogP contribution in [0.5, 0.6) is 0 Å². The molecule has 0 aliphatic heterocycles. The number of sulfonamides is 1. The van der Waals surface area contributed by atoms with Crippen molar-refractivity contribution >= 4 is 21.4 Å². The molecular formula is C10H15N3O5S. The third kappa shape index (κ3) is 5.64. The zero-order chi connectivity index (χ0) is 14.3. The van der Waals surface area contributed by atoms with Gasteiger partial charge in [0.05, 0.1) is 17.3 Å². The molecule has 0 unspecified atom stereocenters. The second kappa shape index (κ2) is 7.02. The molecule has 19 heavy (non-hydrogen) atoms. The van der Waals surface area contributed by atoms with Gasteiger partial charge in [0.15, 0.2) is 0 Å². The van der Waals surface area contributed by atoms with Crippen LogP contribution in [0.15, 0.2) is 24.3 Å². The standard InChI is InChI=1S/C10H15N3O5S/c14-7-5-12-19(17,18)8-6-11-9-1-3-10(4-2-9)13(15)16/h1-4,11-12,14H,5-8H2. The molecule has 0 spiro atoms. The Morgan fingerprint density at radius 2 is 1.84 bits per heavy atom. The highest BCUT2D eigenvalue weighted by molar-refractivity contribution is 7.89. The van der Waals surface area contributed by atoms with Gasteiger partial charge in [0.2, 0.25) is 10.0 Å². The normalized spacial score (nSPS) is 11.2. The zero-order valence-electron chi connectivity index (χ0n) is 10.1. The molecule has 0 fully saturated rings. The molecule has 106 valence electrons. The summed E-state index contributed by atoms with van der Waals surface area (Å²) in [6, 6.07) is 5.68. The van der Waals surface area contributed by atoms with Crippen molar-refractivity contribution in [2.45, 2.75) is 0 Å². The van der Waals surface area contributed by atoms with Gasteiger partial charge in [0, 0.05) is 30.9 Å². The number of rotatable bonds is 8. The maximum atomic E-state index is 11.4. The summed E-state index contributed by atoms with van der Waals surface area (Å²) in [4.78, 5) is 9.93. The van der Waals surface area contributed by atoms with Crippen molar-refractivity contribution in [2.24, 2.45) is 0 Å². The van der Waals surface area contributed by atoms with E-state index in [4.69, 9.17) is 5.11 Å². The molecule has 1 rings (SSSR count). The molecule has 0 aliphatic carbocycles. The molecule has 0 radical (unpaired) electrons. The average molecular weight is 289 g/mol. The van der Waals surface area contributed by atoms with Gasteiger partial charge in [-0.05, 0) is 12.1 Å². The summed E-state index contributed by atoms with van der Waals surface area (Å²) < 4.78 is 25.0. The molecule has 9 heteroatoms. The van der Waals surface area contributed by atoms with Crippen molar-refractivity contribution in [2.75, 3.05) is 30.8 Å². The molecular weight excluding hydrogens is 274 g/mol. The summed E-state index contributed by atoms with van der Waals surface area (Å²) in [6.07, 6.45) is 0. The Morgan fingerprint density at radius 3 is 2.37 bits per heavy atom. The fraction of sp³-hybridized carbons (Fsp3) is 0.400. The van der Waals surface area contributed by atoms with E-state index >= 15 is 0 Å². The quantitative estimate of drug-likeness (QED) is 0.454. The molecule has 0 amide bonds. The topological polar surface area (TPSA) is 122 Å². The van der Waals surface area contributed by atoms with E-state index < -0.39 is 14.9 Å². The summed E-state index contributed by atoms with van der Waals surface area (Å²) in [5.41, 5.74) is 0.575. The fourth-order valence-electron chi connectivity index (χ4n) is 1.30. The monoisotopic (exact) mass is 289 g/mol. The van der Waals surface area contributed by atoms with Gasteiger partial charge in [-0.15, -0.1) is 0 Å². The Hall–Kier alpha value is -1.71. The van der Waals surface area contributed by atoms with Crippen molar-refractivity contribution in [1.82, 2.24) is 4.72 Å². The van der Waals surface area contributed by atoms with Crippen molar-refractivity contribution in [1.29, 1.82) is 0 Å². The number of nitro benzene ring substituents is 1. The first-order chi connectivity index (χ1) is 8.94. The van der Waals surface area contributed by atoms with E-state index in [1.807, 2.05) is 0 Å². The molecule has 0 atom stereocenters. The lowest BCUT2D eigenvalue weighted by Crippen LogP contribution is -2.31. The summed E-state index contributed by atoms with van der Waals surface area (Å²) in [7, 11) is -3.42. The highest BCUT2D eigenvalue weighted by atomic mass is 32.2. The van der Waals surface area contributed by atoms with E-state index in [9.17, 15) is 18.5 Å². The van der Waals surface area contributed by atoms with Crippen LogP contribution in [-0.4, -0.2) is 43.9 Å². The Kier molecular flexibility index (Phi) is 5.67. The number of hydrogen-bond acceptors (Lipinski definition) is 6. The maximum absolute atomic E-state index is 11.4. The highest BCUT2D eigenvalue weighted by Crippen LogP contribution is 2.14. The molecule has 1 aromatic rings. The van der Waals surface area contributed by atoms with Gasteiger partial charge in [-0.1, -0.05) is 0 Å². The summed E-state index contributed by atoms with van der Waals surface area (Å²) in [5.74, 6) is -0.149. The van der Waals surface area contributed by atoms with Crippen molar-refractivity contribution in [3.05, 3.63) is 34.4 Å². The Morgan fingerprint density at radius 1 is 1.21 bits per heavy atom. The van der Waals surface area contributed by atoms with Gasteiger partial charge < -0.3 is 10.4 Å². The SMILES string of the molecule is O=[N+]([O-])c1ccc(NCCS(=O)(=O)NCCO)cc1. The lowest BCUT2D eigenvalue weighted by molar-refractivity contribution is -0.384. The van der Waals surface area contributed by atoms with Crippen LogP contribution >= 0.6 is 0 Å². The van der Waals surface area contributed by atoms with Crippen molar-refractivity contribution < 1.29 is 18.4 Å². The number of hydrogen-bond donors (Lipinski definition) is 3. The van der Waals surface area contributed by atoms with E-state index in [0.29, 0.717) is 5.69 Å². The Balaban J connectivity index is 2.43. The van der Waals surface area contributed by atoms with Crippen molar-refractivity contribution in [3.63, 3.8) is 0 Å². The number of nitrogens with zero attached hydrogens (tertiary/aromatic N) is 1. The van der Waals surface area contributed by atoms with Gasteiger partial charge in [-0.2, -0.15) is 0 Å². The van der Waals surface area contributed by atoms with E-state index in [1.165, 1.54) is 24.3 Å². The van der Waals surface area contributed by atoms with Gasteiger partial charge in [0.1, 0.15) is 0 Å². The number of non-ortho nitro benzene ring substituents is 1. The second-order valence-corrected chi connectivity index (χ2v) is 5.59. The summed E-state index contributed by atoms with van der Waals surface area (Å²) >= 11 is 0. The van der Waals surface area contributed by atoms with Crippen LogP contribution in [0.2, 0.25) is 0 Å². The first kappa shape index (κ1) is 15.3. The first-order valence-electron chi connectivity index (χ1n) is 5.51. The maximum Gasteiger partial charge on any atom is 0.269 e. The molecule has 0 saturated carbocycles. The Bertz CT molecular complexity index is 514. The van der Waals surface area contributed by atoms with Crippen LogP contribution < -0.4 is 10.0 Å². The van der Waals surface area contributed by atoms with Gasteiger partial charge in [0.25, 0.3) is 5.69 Å². The van der Waals surface area contributed by atoms with Gasteiger partial charge in [-0.3, -0.25) is 10.1 Å². The Labute approximate surface area is 110 Å². The number of nitro groups is 1. The van der Waals surface area contributed by atoms with Gasteiger partial charge in [-0.25, -0.2) is 13.1 Å². The molecule has 0 saturated heterocycles. The molecule has 0 aromatic heterocycles. The minimum Gasteiger partial charge on any atom is -0.395 e. The molecule has 0 aliphatic rings. The number of anilines is 1. The summed E-state index contributed by atoms with van der Waals surface area (Å²) in [5, 5.41) is 21.8. The number of benzene rings is 1. The van der Waals surface area contributed by atoms with Gasteiger partial charge >= 0.3 is 0 Å². The largest absolute Gasteiger partial charge is 0.395 e. The average Bonchev–Trinajstić information content (AvgIpc) is 2.37. The van der Waals surface area contributed by atoms with Crippen molar-refractivity contribution in [3.8, 4) is 0 Å². The molecule has 8 nitrogen and oxygen atoms in total. The van der Waals surface area contributed by atoms with Crippen LogP contribution in [0.3, 0.4) is 0 Å². The molecule has 0 bridgehead atoms. The van der Waals surface area contributed by atoms with Crippen LogP contribution in [0.25, 0.3) is 0 Å². The van der Waals surface area contributed by atoms with Crippen LogP contribution in [0.1, 0.15) is 0 Å². The number of aliphatic hydroxyl groups excluding tert-OH is 1. The van der Waals surface area contributed by atoms with E-state index in [1.54, 1.807) is 0 Å². The van der Waals surface area contributed by atoms with Crippen LogP contribution in [0.4, 0.5) is 11.4 Å². The third-order valence-electron chi connectivity index (χ3n) is 2.21. The number of nitrogens with one attached hydrogen (secondary N) is 2. The predicted octanol–water partition coefficient (Wildman–Crippen LogP) is -0.0816. The molecule has 0 heterocycles. The predicted molar refractivity (Wildman–Crippen MR) is 70.5 cm³/mol. The summed E-state index contributed by atoms with van der Waals surface area (Å²) in [6.45, 7) is -0.104.